The topological polar surface area (TPSA) is 15.8 Å². The van der Waals surface area contributed by atoms with Gasteiger partial charge in [0, 0.05) is 16.8 Å². The van der Waals surface area contributed by atoms with Crippen LogP contribution >= 0.6 is 11.3 Å². The fraction of sp³-hybridized carbons (Fsp3) is 0. The van der Waals surface area contributed by atoms with E-state index in [1.165, 1.54) is 16.0 Å². The van der Waals surface area contributed by atoms with Crippen molar-refractivity contribution in [2.45, 2.75) is 0 Å². The van der Waals surface area contributed by atoms with E-state index in [1.807, 2.05) is 12.3 Å². The van der Waals surface area contributed by atoms with Crippen molar-refractivity contribution in [1.82, 2.24) is 4.98 Å². The van der Waals surface area contributed by atoms with Crippen LogP contribution in [0.15, 0.2) is 60.1 Å². The molecule has 2 aromatic heterocycles. The SMILES string of the molecule is C(=Cc1cccs1)c1cc(-c2ccccc2)c[nH]1. The molecule has 3 aromatic rings. The Kier molecular flexibility index (Phi) is 3.11. The first-order valence-corrected chi connectivity index (χ1v) is 6.75. The molecule has 2 heterocycles. The van der Waals surface area contributed by atoms with Gasteiger partial charge < -0.3 is 4.98 Å². The Balaban J connectivity index is 1.82. The van der Waals surface area contributed by atoms with Gasteiger partial charge in [-0.15, -0.1) is 11.3 Å². The van der Waals surface area contributed by atoms with Gasteiger partial charge >= 0.3 is 0 Å². The standard InChI is InChI=1S/C16H13NS/c1-2-5-13(6-3-1)14-11-15(17-12-14)8-9-16-7-4-10-18-16/h1-12,17H. The number of hydrogen-bond donors (Lipinski definition) is 1. The summed E-state index contributed by atoms with van der Waals surface area (Å²) in [4.78, 5) is 4.55. The minimum atomic E-state index is 1.13. The Morgan fingerprint density at radius 1 is 0.889 bits per heavy atom. The summed E-state index contributed by atoms with van der Waals surface area (Å²) in [7, 11) is 0. The molecule has 0 unspecified atom stereocenters. The summed E-state index contributed by atoms with van der Waals surface area (Å²) in [6.45, 7) is 0. The number of benzene rings is 1. The Morgan fingerprint density at radius 3 is 2.56 bits per heavy atom. The van der Waals surface area contributed by atoms with Gasteiger partial charge in [0.2, 0.25) is 0 Å². The summed E-state index contributed by atoms with van der Waals surface area (Å²) in [5.41, 5.74) is 3.59. The van der Waals surface area contributed by atoms with Gasteiger partial charge in [0.1, 0.15) is 0 Å². The van der Waals surface area contributed by atoms with Crippen molar-refractivity contribution in [3.63, 3.8) is 0 Å². The Bertz CT molecular complexity index is 633. The average Bonchev–Trinajstić information content (AvgIpc) is 3.09. The van der Waals surface area contributed by atoms with Gasteiger partial charge in [0.15, 0.2) is 0 Å². The van der Waals surface area contributed by atoms with E-state index in [0.29, 0.717) is 0 Å². The minimum Gasteiger partial charge on any atom is -0.361 e. The lowest BCUT2D eigenvalue weighted by Gasteiger charge is -1.94. The van der Waals surface area contributed by atoms with Crippen LogP contribution in [0.4, 0.5) is 0 Å². The molecule has 3 rings (SSSR count). The maximum absolute atomic E-state index is 3.28. The second-order valence-electron chi connectivity index (χ2n) is 4.06. The normalized spacial score (nSPS) is 11.1. The van der Waals surface area contributed by atoms with E-state index >= 15 is 0 Å². The third kappa shape index (κ3) is 2.44. The van der Waals surface area contributed by atoms with E-state index in [0.717, 1.165) is 5.69 Å². The zero-order valence-corrected chi connectivity index (χ0v) is 10.7. The van der Waals surface area contributed by atoms with Gasteiger partial charge in [-0.25, -0.2) is 0 Å². The van der Waals surface area contributed by atoms with Crippen molar-refractivity contribution >= 4 is 23.5 Å². The van der Waals surface area contributed by atoms with Crippen LogP contribution < -0.4 is 0 Å². The molecule has 0 aliphatic heterocycles. The van der Waals surface area contributed by atoms with Crippen LogP contribution in [0.25, 0.3) is 23.3 Å². The van der Waals surface area contributed by atoms with Crippen LogP contribution in [-0.2, 0) is 0 Å². The first-order valence-electron chi connectivity index (χ1n) is 5.87. The number of hydrogen-bond acceptors (Lipinski definition) is 1. The summed E-state index contributed by atoms with van der Waals surface area (Å²) in [5.74, 6) is 0. The van der Waals surface area contributed by atoms with Crippen LogP contribution in [0.3, 0.4) is 0 Å². The van der Waals surface area contributed by atoms with Gasteiger partial charge in [0.05, 0.1) is 0 Å². The lowest BCUT2D eigenvalue weighted by molar-refractivity contribution is 1.38. The van der Waals surface area contributed by atoms with E-state index < -0.39 is 0 Å². The molecular formula is C16H13NS. The van der Waals surface area contributed by atoms with E-state index in [-0.39, 0.29) is 0 Å². The molecule has 18 heavy (non-hydrogen) atoms. The quantitative estimate of drug-likeness (QED) is 0.680. The first-order chi connectivity index (χ1) is 8.92. The summed E-state index contributed by atoms with van der Waals surface area (Å²) in [6, 6.07) is 16.7. The molecule has 0 bridgehead atoms. The van der Waals surface area contributed by atoms with Crippen molar-refractivity contribution in [3.8, 4) is 11.1 Å². The minimum absolute atomic E-state index is 1.13. The van der Waals surface area contributed by atoms with Crippen LogP contribution in [0, 0.1) is 0 Å². The van der Waals surface area contributed by atoms with Gasteiger partial charge in [-0.2, -0.15) is 0 Å². The van der Waals surface area contributed by atoms with Crippen LogP contribution in [-0.4, -0.2) is 4.98 Å². The largest absolute Gasteiger partial charge is 0.361 e. The third-order valence-corrected chi connectivity index (χ3v) is 3.62. The molecule has 0 atom stereocenters. The lowest BCUT2D eigenvalue weighted by atomic mass is 10.1. The van der Waals surface area contributed by atoms with Crippen molar-refractivity contribution in [1.29, 1.82) is 0 Å². The van der Waals surface area contributed by atoms with E-state index in [9.17, 15) is 0 Å². The molecule has 88 valence electrons. The zero-order chi connectivity index (χ0) is 12.2. The second kappa shape index (κ2) is 5.07. The molecule has 0 fully saturated rings. The third-order valence-electron chi connectivity index (χ3n) is 2.78. The van der Waals surface area contributed by atoms with Crippen LogP contribution in [0.5, 0.6) is 0 Å². The van der Waals surface area contributed by atoms with Crippen molar-refractivity contribution < 1.29 is 0 Å². The fourth-order valence-electron chi connectivity index (χ4n) is 1.86. The predicted octanol–water partition coefficient (Wildman–Crippen LogP) is 4.91. The second-order valence-corrected chi connectivity index (χ2v) is 5.04. The molecule has 0 aliphatic carbocycles. The number of nitrogens with one attached hydrogen (secondary N) is 1. The summed E-state index contributed by atoms with van der Waals surface area (Å²) >= 11 is 1.74. The highest BCUT2D eigenvalue weighted by molar-refractivity contribution is 7.10. The Hall–Kier alpha value is -2.06. The number of thiophene rings is 1. The first kappa shape index (κ1) is 11.1. The van der Waals surface area contributed by atoms with Gasteiger partial charge in [-0.05, 0) is 40.8 Å². The molecule has 0 radical (unpaired) electrons. The van der Waals surface area contributed by atoms with E-state index in [4.69, 9.17) is 0 Å². The average molecular weight is 251 g/mol. The smallest absolute Gasteiger partial charge is 0.0387 e. The van der Waals surface area contributed by atoms with Crippen molar-refractivity contribution in [2.75, 3.05) is 0 Å². The monoisotopic (exact) mass is 251 g/mol. The Labute approximate surface area is 110 Å². The van der Waals surface area contributed by atoms with Crippen molar-refractivity contribution in [3.05, 3.63) is 70.7 Å². The van der Waals surface area contributed by atoms with Gasteiger partial charge in [-0.3, -0.25) is 0 Å². The predicted molar refractivity (Wildman–Crippen MR) is 79.5 cm³/mol. The summed E-state index contributed by atoms with van der Waals surface area (Å²) < 4.78 is 0. The molecule has 0 spiro atoms. The molecule has 0 saturated heterocycles. The molecule has 1 aromatic carbocycles. The molecule has 0 saturated carbocycles. The number of aromatic amines is 1. The Morgan fingerprint density at radius 2 is 1.78 bits per heavy atom. The highest BCUT2D eigenvalue weighted by Gasteiger charge is 1.98. The van der Waals surface area contributed by atoms with Crippen LogP contribution in [0.2, 0.25) is 0 Å². The van der Waals surface area contributed by atoms with Crippen molar-refractivity contribution in [2.24, 2.45) is 0 Å². The number of H-pyrrole nitrogens is 1. The van der Waals surface area contributed by atoms with E-state index in [1.54, 1.807) is 11.3 Å². The summed E-state index contributed by atoms with van der Waals surface area (Å²) in [5, 5.41) is 2.09. The number of aromatic nitrogens is 1. The molecule has 0 amide bonds. The molecule has 1 nitrogen and oxygen atoms in total. The van der Waals surface area contributed by atoms with Gasteiger partial charge in [0.25, 0.3) is 0 Å². The molecule has 2 heteroatoms. The number of rotatable bonds is 3. The zero-order valence-electron chi connectivity index (χ0n) is 9.84. The maximum atomic E-state index is 3.28. The molecule has 0 aliphatic rings. The fourth-order valence-corrected chi connectivity index (χ4v) is 2.48. The maximum Gasteiger partial charge on any atom is 0.0387 e. The highest BCUT2D eigenvalue weighted by Crippen LogP contribution is 2.21. The highest BCUT2D eigenvalue weighted by atomic mass is 32.1. The lowest BCUT2D eigenvalue weighted by Crippen LogP contribution is -1.70. The van der Waals surface area contributed by atoms with E-state index in [2.05, 4.69) is 65.0 Å². The molecule has 1 N–H and O–H groups in total. The van der Waals surface area contributed by atoms with Gasteiger partial charge in [-0.1, -0.05) is 36.4 Å². The molecular weight excluding hydrogens is 238 g/mol. The van der Waals surface area contributed by atoms with Crippen LogP contribution in [0.1, 0.15) is 10.6 Å². The summed E-state index contributed by atoms with van der Waals surface area (Å²) in [6.07, 6.45) is 6.28.